The van der Waals surface area contributed by atoms with Gasteiger partial charge in [0.1, 0.15) is 0 Å². The molecule has 0 unspecified atom stereocenters. The predicted molar refractivity (Wildman–Crippen MR) is 95.1 cm³/mol. The third kappa shape index (κ3) is 4.08. The summed E-state index contributed by atoms with van der Waals surface area (Å²) in [7, 11) is 3.41. The predicted octanol–water partition coefficient (Wildman–Crippen LogP) is 0.573. The van der Waals surface area contributed by atoms with Crippen molar-refractivity contribution in [3.05, 3.63) is 22.6 Å². The summed E-state index contributed by atoms with van der Waals surface area (Å²) in [4.78, 5) is 28.0. The molecule has 2 rings (SSSR count). The van der Waals surface area contributed by atoms with E-state index < -0.39 is 5.60 Å². The summed E-state index contributed by atoms with van der Waals surface area (Å²) in [5.41, 5.74) is 7.13. The van der Waals surface area contributed by atoms with Crippen LogP contribution in [0.2, 0.25) is 0 Å². The lowest BCUT2D eigenvalue weighted by Gasteiger charge is -2.18. The number of carbonyl (C=O) groups excluding carboxylic acids is 1. The first-order valence-corrected chi connectivity index (χ1v) is 7.77. The molecule has 0 radical (unpaired) electrons. The van der Waals surface area contributed by atoms with Crippen molar-refractivity contribution in [1.29, 1.82) is 0 Å². The number of nitrogens with zero attached hydrogens (tertiary/aromatic N) is 2. The van der Waals surface area contributed by atoms with Crippen molar-refractivity contribution in [2.24, 2.45) is 0 Å². The highest BCUT2D eigenvalue weighted by molar-refractivity contribution is 5.87. The summed E-state index contributed by atoms with van der Waals surface area (Å²) in [6.07, 6.45) is 0.348. The molecule has 0 saturated heterocycles. The van der Waals surface area contributed by atoms with Crippen molar-refractivity contribution in [1.82, 2.24) is 14.5 Å². The van der Waals surface area contributed by atoms with Crippen molar-refractivity contribution >= 4 is 28.3 Å². The number of anilines is 2. The largest absolute Gasteiger partial charge is 0.397 e. The maximum Gasteiger partial charge on any atom is 0.326 e. The Hall–Kier alpha value is -2.48. The zero-order valence-electron chi connectivity index (χ0n) is 14.5. The molecule has 1 amide bonds. The summed E-state index contributed by atoms with van der Waals surface area (Å²) in [5, 5.41) is 13.1. The Morgan fingerprint density at radius 1 is 1.42 bits per heavy atom. The Morgan fingerprint density at radius 3 is 2.67 bits per heavy atom. The maximum absolute atomic E-state index is 12.1. The number of aliphatic hydroxyl groups is 1. The molecule has 5 N–H and O–H groups in total. The second-order valence-corrected chi connectivity index (χ2v) is 6.75. The number of rotatable bonds is 6. The van der Waals surface area contributed by atoms with Crippen LogP contribution < -0.4 is 16.7 Å². The topological polar surface area (TPSA) is 116 Å². The van der Waals surface area contributed by atoms with E-state index in [1.54, 1.807) is 40.1 Å². The average Bonchev–Trinajstić information content (AvgIpc) is 2.73. The van der Waals surface area contributed by atoms with E-state index in [0.717, 1.165) is 0 Å². The minimum atomic E-state index is -1.02. The van der Waals surface area contributed by atoms with Gasteiger partial charge in [-0.15, -0.1) is 0 Å². The van der Waals surface area contributed by atoms with Gasteiger partial charge in [0.25, 0.3) is 0 Å². The summed E-state index contributed by atoms with van der Waals surface area (Å²) >= 11 is 0. The highest BCUT2D eigenvalue weighted by Gasteiger charge is 2.18. The molecule has 2 aromatic rings. The quantitative estimate of drug-likeness (QED) is 0.576. The van der Waals surface area contributed by atoms with Gasteiger partial charge in [0.2, 0.25) is 5.91 Å². The van der Waals surface area contributed by atoms with Gasteiger partial charge in [-0.25, -0.2) is 4.79 Å². The van der Waals surface area contributed by atoms with Gasteiger partial charge in [0.05, 0.1) is 34.6 Å². The van der Waals surface area contributed by atoms with Crippen molar-refractivity contribution in [3.63, 3.8) is 0 Å². The number of benzene rings is 1. The third-order valence-electron chi connectivity index (χ3n) is 3.64. The standard InChI is InChI=1S/C16H25N5O3/c1-16(2,24)9-21-13-7-10(17)11(8-12(13)19-15(21)23)18-6-5-14(22)20(3)4/h7-8,18,24H,5-6,9,17H2,1-4H3,(H,19,23). The van der Waals surface area contributed by atoms with Crippen molar-refractivity contribution in [2.75, 3.05) is 31.7 Å². The third-order valence-corrected chi connectivity index (χ3v) is 3.64. The van der Waals surface area contributed by atoms with Gasteiger partial charge < -0.3 is 26.0 Å². The Morgan fingerprint density at radius 2 is 2.08 bits per heavy atom. The number of fused-ring (bicyclic) bond motifs is 1. The van der Waals surface area contributed by atoms with Gasteiger partial charge in [-0.2, -0.15) is 0 Å². The van der Waals surface area contributed by atoms with E-state index in [4.69, 9.17) is 5.73 Å². The highest BCUT2D eigenvalue weighted by atomic mass is 16.3. The number of amides is 1. The molecule has 0 spiro atoms. The molecule has 0 aliphatic heterocycles. The number of hydrogen-bond donors (Lipinski definition) is 4. The number of H-pyrrole nitrogens is 1. The van der Waals surface area contributed by atoms with E-state index >= 15 is 0 Å². The number of carbonyl (C=O) groups is 1. The van der Waals surface area contributed by atoms with Crippen LogP contribution in [0.1, 0.15) is 20.3 Å². The van der Waals surface area contributed by atoms with Gasteiger partial charge in [-0.1, -0.05) is 0 Å². The van der Waals surface area contributed by atoms with Crippen LogP contribution in [0.3, 0.4) is 0 Å². The lowest BCUT2D eigenvalue weighted by molar-refractivity contribution is -0.128. The average molecular weight is 335 g/mol. The van der Waals surface area contributed by atoms with Crippen LogP contribution in [0.15, 0.2) is 16.9 Å². The van der Waals surface area contributed by atoms with Crippen LogP contribution >= 0.6 is 0 Å². The van der Waals surface area contributed by atoms with Crippen LogP contribution in [-0.2, 0) is 11.3 Å². The summed E-state index contributed by atoms with van der Waals surface area (Å²) in [5.74, 6) is 0.0203. The first kappa shape index (κ1) is 17.9. The van der Waals surface area contributed by atoms with Crippen molar-refractivity contribution < 1.29 is 9.90 Å². The van der Waals surface area contributed by atoms with Crippen molar-refractivity contribution in [3.8, 4) is 0 Å². The van der Waals surface area contributed by atoms with Gasteiger partial charge in [0, 0.05) is 27.1 Å². The number of nitrogen functional groups attached to an aromatic ring is 1. The molecule has 8 nitrogen and oxygen atoms in total. The molecule has 1 heterocycles. The number of imidazole rings is 1. The van der Waals surface area contributed by atoms with E-state index in [2.05, 4.69) is 10.3 Å². The van der Waals surface area contributed by atoms with E-state index in [0.29, 0.717) is 35.4 Å². The number of nitrogens with one attached hydrogen (secondary N) is 2. The molecule has 1 aromatic heterocycles. The van der Waals surface area contributed by atoms with E-state index in [9.17, 15) is 14.7 Å². The van der Waals surface area contributed by atoms with Gasteiger partial charge in [0.15, 0.2) is 0 Å². The van der Waals surface area contributed by atoms with Gasteiger partial charge in [-0.05, 0) is 26.0 Å². The number of nitrogens with two attached hydrogens (primary N) is 1. The van der Waals surface area contributed by atoms with Gasteiger partial charge >= 0.3 is 5.69 Å². The Bertz CT molecular complexity index is 798. The number of aromatic amines is 1. The van der Waals surface area contributed by atoms with Crippen LogP contribution in [0, 0.1) is 0 Å². The molecule has 0 bridgehead atoms. The molecule has 1 aromatic carbocycles. The molecule has 0 aliphatic carbocycles. The molecule has 132 valence electrons. The molecule has 0 saturated carbocycles. The normalized spacial score (nSPS) is 11.7. The first-order valence-electron chi connectivity index (χ1n) is 7.77. The maximum atomic E-state index is 12.1. The molecule has 24 heavy (non-hydrogen) atoms. The molecule has 0 fully saturated rings. The zero-order chi connectivity index (χ0) is 18.1. The fourth-order valence-corrected chi connectivity index (χ4v) is 2.44. The van der Waals surface area contributed by atoms with Gasteiger partial charge in [-0.3, -0.25) is 9.36 Å². The summed E-state index contributed by atoms with van der Waals surface area (Å²) in [6, 6.07) is 3.43. The molecule has 8 heteroatoms. The SMILES string of the molecule is CN(C)C(=O)CCNc1cc2[nH]c(=O)n(CC(C)(C)O)c2cc1N. The molecule has 0 atom stereocenters. The lowest BCUT2D eigenvalue weighted by atomic mass is 10.1. The first-order chi connectivity index (χ1) is 11.1. The zero-order valence-corrected chi connectivity index (χ0v) is 14.5. The number of aromatic nitrogens is 2. The number of hydrogen-bond acceptors (Lipinski definition) is 5. The molecular weight excluding hydrogens is 310 g/mol. The molecule has 0 aliphatic rings. The second kappa shape index (κ2) is 6.56. The Labute approximate surface area is 140 Å². The highest BCUT2D eigenvalue weighted by Crippen LogP contribution is 2.25. The Balaban J connectivity index is 2.25. The fraction of sp³-hybridized carbons (Fsp3) is 0.500. The van der Waals surface area contributed by atoms with E-state index in [1.807, 2.05) is 0 Å². The van der Waals surface area contributed by atoms with Crippen LogP contribution in [-0.4, -0.2) is 51.7 Å². The fourth-order valence-electron chi connectivity index (χ4n) is 2.44. The minimum absolute atomic E-state index is 0.0203. The van der Waals surface area contributed by atoms with E-state index in [1.165, 1.54) is 9.47 Å². The van der Waals surface area contributed by atoms with E-state index in [-0.39, 0.29) is 18.1 Å². The smallest absolute Gasteiger partial charge is 0.326 e. The second-order valence-electron chi connectivity index (χ2n) is 6.75. The lowest BCUT2D eigenvalue weighted by Crippen LogP contribution is -2.31. The van der Waals surface area contributed by atoms with Crippen molar-refractivity contribution in [2.45, 2.75) is 32.4 Å². The summed E-state index contributed by atoms with van der Waals surface area (Å²) < 4.78 is 1.46. The monoisotopic (exact) mass is 335 g/mol. The minimum Gasteiger partial charge on any atom is -0.397 e. The molecular formula is C16H25N5O3. The Kier molecular flexibility index (Phi) is 4.88. The van der Waals surface area contributed by atoms with Crippen LogP contribution in [0.4, 0.5) is 11.4 Å². The van der Waals surface area contributed by atoms with Crippen LogP contribution in [0.25, 0.3) is 11.0 Å². The van der Waals surface area contributed by atoms with Crippen LogP contribution in [0.5, 0.6) is 0 Å². The summed E-state index contributed by atoms with van der Waals surface area (Å²) in [6.45, 7) is 3.88.